The Hall–Kier alpha value is -1.92. The van der Waals surface area contributed by atoms with E-state index in [0.717, 1.165) is 23.5 Å². The Morgan fingerprint density at radius 3 is 3.00 bits per heavy atom. The van der Waals surface area contributed by atoms with E-state index < -0.39 is 0 Å². The smallest absolute Gasteiger partial charge is 0.222 e. The molecule has 1 saturated heterocycles. The Morgan fingerprint density at radius 1 is 1.42 bits per heavy atom. The highest BCUT2D eigenvalue weighted by Crippen LogP contribution is 2.28. The van der Waals surface area contributed by atoms with Crippen LogP contribution in [0.3, 0.4) is 0 Å². The van der Waals surface area contributed by atoms with Gasteiger partial charge in [0.25, 0.3) is 0 Å². The molecule has 1 aliphatic heterocycles. The van der Waals surface area contributed by atoms with Gasteiger partial charge in [0.2, 0.25) is 5.91 Å². The molecule has 1 atom stereocenters. The van der Waals surface area contributed by atoms with Gasteiger partial charge in [0.15, 0.2) is 0 Å². The second-order valence-corrected chi connectivity index (χ2v) is 6.47. The first-order chi connectivity index (χ1) is 11.6. The topological polar surface area (TPSA) is 60.2 Å². The van der Waals surface area contributed by atoms with Crippen molar-refractivity contribution in [2.24, 2.45) is 0 Å². The van der Waals surface area contributed by atoms with Gasteiger partial charge in [0, 0.05) is 37.6 Å². The second-order valence-electron chi connectivity index (χ2n) is 6.03. The molecule has 1 amide bonds. The van der Waals surface area contributed by atoms with E-state index in [2.05, 4.69) is 10.1 Å². The van der Waals surface area contributed by atoms with E-state index in [1.54, 1.807) is 13.4 Å². The van der Waals surface area contributed by atoms with Gasteiger partial charge >= 0.3 is 0 Å². The first-order valence-corrected chi connectivity index (χ1v) is 8.41. The summed E-state index contributed by atoms with van der Waals surface area (Å²) < 4.78 is 6.96. The van der Waals surface area contributed by atoms with Gasteiger partial charge in [-0.15, -0.1) is 0 Å². The molecule has 1 aromatic heterocycles. The average molecular weight is 349 g/mol. The van der Waals surface area contributed by atoms with E-state index >= 15 is 0 Å². The Labute approximate surface area is 146 Å². The molecule has 1 aromatic carbocycles. The van der Waals surface area contributed by atoms with Crippen molar-refractivity contribution in [3.8, 4) is 5.69 Å². The molecule has 0 saturated carbocycles. The highest BCUT2D eigenvalue weighted by Gasteiger charge is 2.29. The molecule has 24 heavy (non-hydrogen) atoms. The van der Waals surface area contributed by atoms with Crippen LogP contribution in [0.5, 0.6) is 0 Å². The van der Waals surface area contributed by atoms with Crippen LogP contribution in [0.25, 0.3) is 5.69 Å². The number of piperidine rings is 1. The molecule has 6 nitrogen and oxygen atoms in total. The van der Waals surface area contributed by atoms with Gasteiger partial charge in [-0.1, -0.05) is 11.6 Å². The molecule has 2 aromatic rings. The lowest BCUT2D eigenvalue weighted by Gasteiger charge is -2.32. The number of amides is 1. The quantitative estimate of drug-likeness (QED) is 0.833. The molecule has 0 N–H and O–H groups in total. The van der Waals surface area contributed by atoms with Gasteiger partial charge in [0.05, 0.1) is 12.3 Å². The minimum Gasteiger partial charge on any atom is -0.383 e. The highest BCUT2D eigenvalue weighted by atomic mass is 35.5. The number of aryl methyl sites for hydroxylation is 1. The van der Waals surface area contributed by atoms with Crippen LogP contribution in [0.15, 0.2) is 24.5 Å². The fourth-order valence-electron chi connectivity index (χ4n) is 3.11. The van der Waals surface area contributed by atoms with Crippen LogP contribution in [0.1, 0.15) is 30.1 Å². The number of methoxy groups -OCH3 is 1. The number of rotatable bonds is 5. The van der Waals surface area contributed by atoms with Crippen LogP contribution in [0, 0.1) is 6.92 Å². The Bertz CT molecular complexity index is 731. The van der Waals surface area contributed by atoms with Crippen molar-refractivity contribution in [1.82, 2.24) is 19.7 Å². The van der Waals surface area contributed by atoms with E-state index in [9.17, 15) is 4.79 Å². The summed E-state index contributed by atoms with van der Waals surface area (Å²) in [5, 5.41) is 5.09. The predicted octanol–water partition coefficient (Wildman–Crippen LogP) is 2.58. The monoisotopic (exact) mass is 348 g/mol. The van der Waals surface area contributed by atoms with Crippen molar-refractivity contribution in [1.29, 1.82) is 0 Å². The van der Waals surface area contributed by atoms with Crippen LogP contribution in [0.2, 0.25) is 5.02 Å². The van der Waals surface area contributed by atoms with Gasteiger partial charge in [-0.3, -0.25) is 4.79 Å². The number of carbonyl (C=O) groups excluding carboxylic acids is 1. The summed E-state index contributed by atoms with van der Waals surface area (Å²) in [6.45, 7) is 3.80. The summed E-state index contributed by atoms with van der Waals surface area (Å²) >= 11 is 6.05. The lowest BCUT2D eigenvalue weighted by Crippen LogP contribution is -2.41. The number of nitrogens with zero attached hydrogens (tertiary/aromatic N) is 4. The number of ether oxygens (including phenoxy) is 1. The van der Waals surface area contributed by atoms with Gasteiger partial charge in [-0.25, -0.2) is 9.67 Å². The first kappa shape index (κ1) is 16.9. The molecule has 2 heterocycles. The maximum absolute atomic E-state index is 12.1. The lowest BCUT2D eigenvalue weighted by molar-refractivity contribution is -0.134. The molecule has 0 unspecified atom stereocenters. The van der Waals surface area contributed by atoms with Crippen molar-refractivity contribution in [2.45, 2.75) is 25.7 Å². The molecule has 0 aliphatic carbocycles. The molecular weight excluding hydrogens is 328 g/mol. The standard InChI is InChI=1S/C17H21ClN4O2/c1-12-9-14(18)4-5-15(12)22-17(19-11-20-22)13-3-6-16(23)21(10-13)7-8-24-2/h4-5,9,11,13H,3,6-8,10H2,1-2H3/t13-/m0/s1. The summed E-state index contributed by atoms with van der Waals surface area (Å²) in [6.07, 6.45) is 2.88. The Morgan fingerprint density at radius 2 is 2.25 bits per heavy atom. The maximum Gasteiger partial charge on any atom is 0.222 e. The van der Waals surface area contributed by atoms with Crippen LogP contribution in [-0.4, -0.2) is 52.4 Å². The maximum atomic E-state index is 12.1. The molecular formula is C17H21ClN4O2. The lowest BCUT2D eigenvalue weighted by atomic mass is 9.96. The fourth-order valence-corrected chi connectivity index (χ4v) is 3.34. The van der Waals surface area contributed by atoms with Crippen LogP contribution in [0.4, 0.5) is 0 Å². The zero-order valence-corrected chi connectivity index (χ0v) is 14.7. The van der Waals surface area contributed by atoms with Crippen LogP contribution < -0.4 is 0 Å². The molecule has 0 bridgehead atoms. The second kappa shape index (κ2) is 7.32. The Balaban J connectivity index is 1.86. The molecule has 0 radical (unpaired) electrons. The SMILES string of the molecule is COCCN1C[C@@H](c2ncnn2-c2ccc(Cl)cc2C)CCC1=O. The summed E-state index contributed by atoms with van der Waals surface area (Å²) in [7, 11) is 1.64. The number of likely N-dealkylation sites (tertiary alicyclic amines) is 1. The summed E-state index contributed by atoms with van der Waals surface area (Å²) in [4.78, 5) is 18.4. The van der Waals surface area contributed by atoms with Crippen LogP contribution >= 0.6 is 11.6 Å². The largest absolute Gasteiger partial charge is 0.383 e. The predicted molar refractivity (Wildman–Crippen MR) is 91.5 cm³/mol. The normalized spacial score (nSPS) is 18.2. The van der Waals surface area contributed by atoms with Crippen molar-refractivity contribution in [2.75, 3.05) is 26.8 Å². The van der Waals surface area contributed by atoms with Crippen molar-refractivity contribution in [3.63, 3.8) is 0 Å². The fraction of sp³-hybridized carbons (Fsp3) is 0.471. The van der Waals surface area contributed by atoms with E-state index in [0.29, 0.717) is 31.1 Å². The molecule has 128 valence electrons. The third-order valence-corrected chi connectivity index (χ3v) is 4.63. The van der Waals surface area contributed by atoms with Gasteiger partial charge in [-0.05, 0) is 37.1 Å². The third-order valence-electron chi connectivity index (χ3n) is 4.39. The van der Waals surface area contributed by atoms with Gasteiger partial charge in [-0.2, -0.15) is 5.10 Å². The number of hydrogen-bond donors (Lipinski definition) is 0. The number of aromatic nitrogens is 3. The molecule has 1 fully saturated rings. The number of carbonyl (C=O) groups is 1. The minimum atomic E-state index is 0.164. The minimum absolute atomic E-state index is 0.164. The van der Waals surface area contributed by atoms with Gasteiger partial charge < -0.3 is 9.64 Å². The molecule has 0 spiro atoms. The Kier molecular flexibility index (Phi) is 5.16. The van der Waals surface area contributed by atoms with E-state index in [-0.39, 0.29) is 11.8 Å². The number of benzene rings is 1. The summed E-state index contributed by atoms with van der Waals surface area (Å²) in [5.41, 5.74) is 2.00. The average Bonchev–Trinajstić information content (AvgIpc) is 3.03. The summed E-state index contributed by atoms with van der Waals surface area (Å²) in [5.74, 6) is 1.23. The van der Waals surface area contributed by atoms with E-state index in [1.807, 2.05) is 34.7 Å². The van der Waals surface area contributed by atoms with E-state index in [4.69, 9.17) is 16.3 Å². The van der Waals surface area contributed by atoms with E-state index in [1.165, 1.54) is 0 Å². The number of hydrogen-bond acceptors (Lipinski definition) is 4. The van der Waals surface area contributed by atoms with Crippen molar-refractivity contribution < 1.29 is 9.53 Å². The zero-order valence-electron chi connectivity index (χ0n) is 13.9. The first-order valence-electron chi connectivity index (χ1n) is 8.03. The molecule has 1 aliphatic rings. The highest BCUT2D eigenvalue weighted by molar-refractivity contribution is 6.30. The molecule has 3 rings (SSSR count). The number of halogens is 1. The summed E-state index contributed by atoms with van der Waals surface area (Å²) in [6, 6.07) is 5.72. The van der Waals surface area contributed by atoms with Crippen molar-refractivity contribution >= 4 is 17.5 Å². The van der Waals surface area contributed by atoms with Gasteiger partial charge in [0.1, 0.15) is 12.2 Å². The van der Waals surface area contributed by atoms with Crippen LogP contribution in [-0.2, 0) is 9.53 Å². The van der Waals surface area contributed by atoms with Crippen molar-refractivity contribution in [3.05, 3.63) is 40.9 Å². The molecule has 7 heteroatoms. The zero-order chi connectivity index (χ0) is 17.1. The third kappa shape index (κ3) is 3.44.